The second-order valence-electron chi connectivity index (χ2n) is 3.45. The van der Waals surface area contributed by atoms with Crippen molar-refractivity contribution in [3.05, 3.63) is 35.0 Å². The highest BCUT2D eigenvalue weighted by molar-refractivity contribution is 5.42. The molecule has 0 radical (unpaired) electrons. The van der Waals surface area contributed by atoms with Gasteiger partial charge in [-0.05, 0) is 12.0 Å². The number of para-hydroxylation sites is 1. The summed E-state index contributed by atoms with van der Waals surface area (Å²) in [6.07, 6.45) is 1.01. The van der Waals surface area contributed by atoms with Gasteiger partial charge < -0.3 is 10.3 Å². The Kier molecular flexibility index (Phi) is 1.87. The predicted molar refractivity (Wildman–Crippen MR) is 48.3 cm³/mol. The molecule has 1 aromatic rings. The Morgan fingerprint density at radius 3 is 2.92 bits per heavy atom. The monoisotopic (exact) mass is 163 g/mol. The van der Waals surface area contributed by atoms with Gasteiger partial charge in [0.1, 0.15) is 5.69 Å². The molecule has 2 nitrogen and oxygen atoms in total. The van der Waals surface area contributed by atoms with Gasteiger partial charge >= 0.3 is 0 Å². The van der Waals surface area contributed by atoms with E-state index in [0.717, 1.165) is 18.7 Å². The molecule has 64 valence electrons. The molecule has 12 heavy (non-hydrogen) atoms. The Hall–Kier alpha value is -0.860. The van der Waals surface area contributed by atoms with Crippen molar-refractivity contribution in [3.8, 4) is 0 Å². The maximum atomic E-state index is 11.4. The molecule has 0 aliphatic carbocycles. The molecule has 1 aliphatic heterocycles. The standard InChI is InChI=1S/C10H13NO/c1-8-6-7-11(12)10-5-3-2-4-9(8)10/h2-5,8,11H,6-7H2,1H3. The van der Waals surface area contributed by atoms with Crippen LogP contribution in [0.25, 0.3) is 0 Å². The molecule has 0 aromatic heterocycles. The van der Waals surface area contributed by atoms with Crippen LogP contribution in [0.2, 0.25) is 0 Å². The van der Waals surface area contributed by atoms with Crippen molar-refractivity contribution < 1.29 is 5.06 Å². The molecule has 1 N–H and O–H groups in total. The van der Waals surface area contributed by atoms with Crippen LogP contribution in [0.3, 0.4) is 0 Å². The maximum Gasteiger partial charge on any atom is 0.134 e. The summed E-state index contributed by atoms with van der Waals surface area (Å²) in [5.41, 5.74) is 2.17. The van der Waals surface area contributed by atoms with Crippen LogP contribution >= 0.6 is 0 Å². The number of quaternary nitrogens is 1. The fourth-order valence-electron chi connectivity index (χ4n) is 1.82. The first-order chi connectivity index (χ1) is 5.79. The van der Waals surface area contributed by atoms with Crippen molar-refractivity contribution in [1.29, 1.82) is 0 Å². The summed E-state index contributed by atoms with van der Waals surface area (Å²) < 4.78 is 0. The van der Waals surface area contributed by atoms with Gasteiger partial charge in [0.15, 0.2) is 0 Å². The number of fused-ring (bicyclic) bond motifs is 1. The lowest BCUT2D eigenvalue weighted by Crippen LogP contribution is -3.03. The van der Waals surface area contributed by atoms with Gasteiger partial charge in [-0.25, -0.2) is 0 Å². The van der Waals surface area contributed by atoms with Crippen molar-refractivity contribution >= 4 is 5.69 Å². The number of rotatable bonds is 0. The lowest BCUT2D eigenvalue weighted by molar-refractivity contribution is -0.780. The highest BCUT2D eigenvalue weighted by atomic mass is 16.5. The molecule has 1 aromatic carbocycles. The van der Waals surface area contributed by atoms with Gasteiger partial charge in [0.2, 0.25) is 0 Å². The minimum absolute atomic E-state index is 0.309. The fourth-order valence-corrected chi connectivity index (χ4v) is 1.82. The van der Waals surface area contributed by atoms with E-state index in [2.05, 4.69) is 13.0 Å². The largest absolute Gasteiger partial charge is 0.629 e. The fraction of sp³-hybridized carbons (Fsp3) is 0.400. The Bertz CT molecular complexity index is 256. The van der Waals surface area contributed by atoms with E-state index in [9.17, 15) is 5.21 Å². The summed E-state index contributed by atoms with van der Waals surface area (Å²) in [7, 11) is 0. The smallest absolute Gasteiger partial charge is 0.134 e. The molecule has 0 saturated heterocycles. The van der Waals surface area contributed by atoms with Crippen LogP contribution in [-0.2, 0) is 0 Å². The van der Waals surface area contributed by atoms with Crippen molar-refractivity contribution in [3.63, 3.8) is 0 Å². The Morgan fingerprint density at radius 1 is 1.42 bits per heavy atom. The summed E-state index contributed by atoms with van der Waals surface area (Å²) >= 11 is 0. The first-order valence-corrected chi connectivity index (χ1v) is 4.41. The number of hydroxylamine groups is 1. The predicted octanol–water partition coefficient (Wildman–Crippen LogP) is 1.21. The van der Waals surface area contributed by atoms with Crippen molar-refractivity contribution in [2.24, 2.45) is 0 Å². The second kappa shape index (κ2) is 2.88. The van der Waals surface area contributed by atoms with Gasteiger partial charge in [0, 0.05) is 12.0 Å². The third-order valence-electron chi connectivity index (χ3n) is 2.60. The molecule has 2 heteroatoms. The summed E-state index contributed by atoms with van der Waals surface area (Å²) in [6, 6.07) is 7.95. The average molecular weight is 163 g/mol. The quantitative estimate of drug-likeness (QED) is 0.572. The summed E-state index contributed by atoms with van der Waals surface area (Å²) in [5, 5.41) is 11.7. The number of hydrogen-bond donors (Lipinski definition) is 1. The minimum atomic E-state index is 0.309. The first kappa shape index (κ1) is 7.77. The Balaban J connectivity index is 2.47. The van der Waals surface area contributed by atoms with E-state index in [1.165, 1.54) is 5.56 Å². The number of hydrogen-bond acceptors (Lipinski definition) is 1. The third kappa shape index (κ3) is 1.13. The highest BCUT2D eigenvalue weighted by Crippen LogP contribution is 2.26. The average Bonchev–Trinajstić information content (AvgIpc) is 2.12. The van der Waals surface area contributed by atoms with E-state index in [1.54, 1.807) is 0 Å². The molecular formula is C10H13NO. The van der Waals surface area contributed by atoms with Crippen LogP contribution in [0.1, 0.15) is 24.8 Å². The van der Waals surface area contributed by atoms with Crippen molar-refractivity contribution in [2.75, 3.05) is 6.54 Å². The van der Waals surface area contributed by atoms with Gasteiger partial charge in [-0.15, -0.1) is 0 Å². The highest BCUT2D eigenvalue weighted by Gasteiger charge is 2.20. The lowest BCUT2D eigenvalue weighted by atomic mass is 9.93. The van der Waals surface area contributed by atoms with E-state index < -0.39 is 0 Å². The zero-order valence-electron chi connectivity index (χ0n) is 7.21. The van der Waals surface area contributed by atoms with Gasteiger partial charge in [0.25, 0.3) is 0 Å². The zero-order valence-corrected chi connectivity index (χ0v) is 7.21. The zero-order chi connectivity index (χ0) is 8.55. The van der Waals surface area contributed by atoms with Crippen LogP contribution in [0.4, 0.5) is 5.69 Å². The van der Waals surface area contributed by atoms with E-state index in [0.29, 0.717) is 11.0 Å². The summed E-state index contributed by atoms with van der Waals surface area (Å²) in [5.74, 6) is 0.555. The molecule has 0 saturated carbocycles. The van der Waals surface area contributed by atoms with Gasteiger partial charge in [-0.3, -0.25) is 0 Å². The van der Waals surface area contributed by atoms with Gasteiger partial charge in [-0.1, -0.05) is 25.1 Å². The molecule has 2 rings (SSSR count). The second-order valence-corrected chi connectivity index (χ2v) is 3.45. The number of benzene rings is 1. The van der Waals surface area contributed by atoms with Crippen molar-refractivity contribution in [1.82, 2.24) is 0 Å². The first-order valence-electron chi connectivity index (χ1n) is 4.41. The molecular weight excluding hydrogens is 150 g/mol. The summed E-state index contributed by atoms with van der Waals surface area (Å²) in [4.78, 5) is 0. The molecule has 2 unspecified atom stereocenters. The summed E-state index contributed by atoms with van der Waals surface area (Å²) in [6.45, 7) is 2.91. The van der Waals surface area contributed by atoms with E-state index in [1.807, 2.05) is 18.2 Å². The minimum Gasteiger partial charge on any atom is -0.629 e. The molecule has 1 heterocycles. The van der Waals surface area contributed by atoms with Crippen LogP contribution in [0, 0.1) is 5.21 Å². The maximum absolute atomic E-state index is 11.4. The normalized spacial score (nSPS) is 28.2. The molecule has 0 amide bonds. The Labute approximate surface area is 72.4 Å². The van der Waals surface area contributed by atoms with Gasteiger partial charge in [0.05, 0.1) is 6.54 Å². The SMILES string of the molecule is CC1CC[NH+]([O-])c2ccccc21. The van der Waals surface area contributed by atoms with E-state index in [-0.39, 0.29) is 0 Å². The van der Waals surface area contributed by atoms with Gasteiger partial charge in [-0.2, -0.15) is 0 Å². The lowest BCUT2D eigenvalue weighted by Gasteiger charge is -2.31. The number of nitrogens with one attached hydrogen (secondary N) is 1. The molecule has 0 spiro atoms. The van der Waals surface area contributed by atoms with Crippen LogP contribution < -0.4 is 5.06 Å². The van der Waals surface area contributed by atoms with Crippen LogP contribution in [-0.4, -0.2) is 6.54 Å². The Morgan fingerprint density at radius 2 is 2.17 bits per heavy atom. The molecule has 0 fully saturated rings. The third-order valence-corrected chi connectivity index (χ3v) is 2.60. The van der Waals surface area contributed by atoms with E-state index in [4.69, 9.17) is 0 Å². The molecule has 1 aliphatic rings. The van der Waals surface area contributed by atoms with Crippen LogP contribution in [0.5, 0.6) is 0 Å². The molecule has 2 atom stereocenters. The van der Waals surface area contributed by atoms with E-state index >= 15 is 0 Å². The topological polar surface area (TPSA) is 27.5 Å². The van der Waals surface area contributed by atoms with Crippen LogP contribution in [0.15, 0.2) is 24.3 Å². The molecule has 0 bridgehead atoms. The van der Waals surface area contributed by atoms with Crippen molar-refractivity contribution in [2.45, 2.75) is 19.3 Å².